The van der Waals surface area contributed by atoms with Crippen LogP contribution in [0, 0.1) is 5.92 Å². The zero-order chi connectivity index (χ0) is 19.7. The number of hydrogen-bond acceptors (Lipinski definition) is 6. The van der Waals surface area contributed by atoms with Gasteiger partial charge in [0.1, 0.15) is 6.04 Å². The molecule has 3 amide bonds. The number of carbonyl (C=O) groups excluding carboxylic acids is 3. The Morgan fingerprint density at radius 3 is 2.68 bits per heavy atom. The maximum Gasteiger partial charge on any atom is 0.259 e. The number of hydrogen-bond donors (Lipinski definition) is 4. The molecule has 3 heterocycles. The standard InChI is InChI=1S/C20H26N4O4/c25-16-5-4-15(18(26)23-16)24-19(27)13-2-1-3-14(17(13)20(24)28)22-11-8-12-6-9-21-10-7-12/h1-3,12,15,19,21-22,27H,4-11H2,(H,23,25,26). The van der Waals surface area contributed by atoms with E-state index in [1.165, 1.54) is 4.90 Å². The quantitative estimate of drug-likeness (QED) is 0.556. The van der Waals surface area contributed by atoms with Crippen LogP contribution in [0.15, 0.2) is 18.2 Å². The summed E-state index contributed by atoms with van der Waals surface area (Å²) in [6.45, 7) is 2.86. The summed E-state index contributed by atoms with van der Waals surface area (Å²) in [7, 11) is 0. The minimum atomic E-state index is -1.18. The van der Waals surface area contributed by atoms with Crippen LogP contribution in [0.25, 0.3) is 0 Å². The van der Waals surface area contributed by atoms with E-state index in [2.05, 4.69) is 16.0 Å². The molecule has 4 N–H and O–H groups in total. The molecule has 1 aromatic rings. The lowest BCUT2D eigenvalue weighted by Gasteiger charge is -2.31. The third-order valence-electron chi connectivity index (χ3n) is 5.96. The molecule has 0 spiro atoms. The third kappa shape index (κ3) is 3.49. The van der Waals surface area contributed by atoms with Crippen LogP contribution in [-0.2, 0) is 9.59 Å². The van der Waals surface area contributed by atoms with Crippen LogP contribution in [0.3, 0.4) is 0 Å². The van der Waals surface area contributed by atoms with Crippen molar-refractivity contribution in [3.05, 3.63) is 29.3 Å². The molecule has 4 rings (SSSR count). The summed E-state index contributed by atoms with van der Waals surface area (Å²) in [5, 5.41) is 19.7. The molecule has 2 atom stereocenters. The second kappa shape index (κ2) is 7.89. The van der Waals surface area contributed by atoms with Crippen molar-refractivity contribution in [2.75, 3.05) is 25.0 Å². The van der Waals surface area contributed by atoms with Crippen molar-refractivity contribution < 1.29 is 19.5 Å². The maximum absolute atomic E-state index is 13.1. The molecule has 8 nitrogen and oxygen atoms in total. The van der Waals surface area contributed by atoms with Crippen molar-refractivity contribution in [2.45, 2.75) is 44.4 Å². The number of nitrogens with zero attached hydrogens (tertiary/aromatic N) is 1. The van der Waals surface area contributed by atoms with Gasteiger partial charge >= 0.3 is 0 Å². The molecule has 150 valence electrons. The second-order valence-corrected chi connectivity index (χ2v) is 7.73. The van der Waals surface area contributed by atoms with Gasteiger partial charge in [0.15, 0.2) is 6.23 Å². The Bertz CT molecular complexity index is 790. The van der Waals surface area contributed by atoms with E-state index in [9.17, 15) is 19.5 Å². The van der Waals surface area contributed by atoms with Crippen LogP contribution >= 0.6 is 0 Å². The number of piperidine rings is 2. The largest absolute Gasteiger partial charge is 0.384 e. The molecule has 3 aliphatic rings. The van der Waals surface area contributed by atoms with E-state index in [1.54, 1.807) is 12.1 Å². The predicted molar refractivity (Wildman–Crippen MR) is 102 cm³/mol. The third-order valence-corrected chi connectivity index (χ3v) is 5.96. The number of nitrogens with one attached hydrogen (secondary N) is 3. The highest BCUT2D eigenvalue weighted by molar-refractivity contribution is 6.08. The van der Waals surface area contributed by atoms with E-state index in [4.69, 9.17) is 0 Å². The molecular weight excluding hydrogens is 360 g/mol. The zero-order valence-electron chi connectivity index (χ0n) is 15.7. The molecule has 0 saturated carbocycles. The van der Waals surface area contributed by atoms with E-state index in [0.29, 0.717) is 22.7 Å². The molecule has 0 bridgehead atoms. The summed E-state index contributed by atoms with van der Waals surface area (Å²) in [6.07, 6.45) is 2.55. The summed E-state index contributed by atoms with van der Waals surface area (Å²) in [6, 6.07) is 4.51. The highest BCUT2D eigenvalue weighted by Crippen LogP contribution is 2.38. The topological polar surface area (TPSA) is 111 Å². The van der Waals surface area contributed by atoms with Crippen LogP contribution in [0.5, 0.6) is 0 Å². The van der Waals surface area contributed by atoms with Gasteiger partial charge in [0, 0.05) is 24.2 Å². The molecule has 8 heteroatoms. The van der Waals surface area contributed by atoms with Gasteiger partial charge in [0.25, 0.3) is 5.91 Å². The van der Waals surface area contributed by atoms with Gasteiger partial charge < -0.3 is 15.7 Å². The molecular formula is C20H26N4O4. The van der Waals surface area contributed by atoms with Crippen LogP contribution in [0.2, 0.25) is 0 Å². The van der Waals surface area contributed by atoms with Gasteiger partial charge in [-0.1, -0.05) is 12.1 Å². The Morgan fingerprint density at radius 2 is 1.93 bits per heavy atom. The molecule has 2 saturated heterocycles. The lowest BCUT2D eigenvalue weighted by atomic mass is 9.94. The van der Waals surface area contributed by atoms with Gasteiger partial charge in [0.05, 0.1) is 5.56 Å². The summed E-state index contributed by atoms with van der Waals surface area (Å²) in [5.74, 6) is -0.578. The molecule has 2 fully saturated rings. The fraction of sp³-hybridized carbons (Fsp3) is 0.550. The van der Waals surface area contributed by atoms with Crippen LogP contribution in [0.4, 0.5) is 5.69 Å². The number of benzene rings is 1. The average molecular weight is 386 g/mol. The zero-order valence-corrected chi connectivity index (χ0v) is 15.7. The number of carbonyl (C=O) groups is 3. The number of rotatable bonds is 5. The molecule has 0 aliphatic carbocycles. The van der Waals surface area contributed by atoms with Gasteiger partial charge in [-0.05, 0) is 50.8 Å². The monoisotopic (exact) mass is 386 g/mol. The second-order valence-electron chi connectivity index (χ2n) is 7.73. The lowest BCUT2D eigenvalue weighted by molar-refractivity contribution is -0.139. The number of aliphatic hydroxyl groups excluding tert-OH is 1. The van der Waals surface area contributed by atoms with Crippen molar-refractivity contribution in [1.82, 2.24) is 15.5 Å². The first-order chi connectivity index (χ1) is 13.6. The van der Waals surface area contributed by atoms with E-state index < -0.39 is 18.2 Å². The number of anilines is 1. The van der Waals surface area contributed by atoms with Crippen molar-refractivity contribution in [3.63, 3.8) is 0 Å². The van der Waals surface area contributed by atoms with E-state index in [1.807, 2.05) is 6.07 Å². The SMILES string of the molecule is O=C1CCC(N2C(=O)c3c(NCCC4CCNCC4)cccc3C2O)C(=O)N1. The lowest BCUT2D eigenvalue weighted by Crippen LogP contribution is -2.53. The Morgan fingerprint density at radius 1 is 1.14 bits per heavy atom. The van der Waals surface area contributed by atoms with Gasteiger partial charge in [-0.25, -0.2) is 0 Å². The molecule has 0 radical (unpaired) electrons. The van der Waals surface area contributed by atoms with Crippen molar-refractivity contribution >= 4 is 23.4 Å². The predicted octanol–water partition coefficient (Wildman–Crippen LogP) is 0.740. The van der Waals surface area contributed by atoms with Crippen LogP contribution in [0.1, 0.15) is 54.3 Å². The van der Waals surface area contributed by atoms with Crippen LogP contribution in [-0.4, -0.2) is 53.4 Å². The number of aliphatic hydroxyl groups is 1. The Balaban J connectivity index is 1.48. The fourth-order valence-corrected chi connectivity index (χ4v) is 4.40. The normalized spacial score (nSPS) is 25.6. The first-order valence-electron chi connectivity index (χ1n) is 9.98. The Labute approximate surface area is 163 Å². The summed E-state index contributed by atoms with van der Waals surface area (Å²) in [4.78, 5) is 37.9. The van der Waals surface area contributed by atoms with Gasteiger partial charge in [-0.15, -0.1) is 0 Å². The fourth-order valence-electron chi connectivity index (χ4n) is 4.40. The maximum atomic E-state index is 13.1. The van der Waals surface area contributed by atoms with Crippen molar-refractivity contribution in [2.24, 2.45) is 5.92 Å². The summed E-state index contributed by atoms with van der Waals surface area (Å²) < 4.78 is 0. The smallest absolute Gasteiger partial charge is 0.259 e. The molecule has 28 heavy (non-hydrogen) atoms. The first kappa shape index (κ1) is 18.9. The van der Waals surface area contributed by atoms with Gasteiger partial charge in [0.2, 0.25) is 11.8 Å². The number of amides is 3. The van der Waals surface area contributed by atoms with Gasteiger partial charge in [-0.2, -0.15) is 0 Å². The number of fused-ring (bicyclic) bond motifs is 1. The van der Waals surface area contributed by atoms with Crippen molar-refractivity contribution in [3.8, 4) is 0 Å². The molecule has 2 unspecified atom stereocenters. The Kier molecular flexibility index (Phi) is 5.32. The van der Waals surface area contributed by atoms with E-state index >= 15 is 0 Å². The minimum absolute atomic E-state index is 0.157. The van der Waals surface area contributed by atoms with Gasteiger partial charge in [-0.3, -0.25) is 24.6 Å². The highest BCUT2D eigenvalue weighted by Gasteiger charge is 2.45. The average Bonchev–Trinajstić information content (AvgIpc) is 2.94. The molecule has 1 aromatic carbocycles. The molecule has 3 aliphatic heterocycles. The first-order valence-corrected chi connectivity index (χ1v) is 9.98. The van der Waals surface area contributed by atoms with E-state index in [0.717, 1.165) is 38.9 Å². The minimum Gasteiger partial charge on any atom is -0.384 e. The summed E-state index contributed by atoms with van der Waals surface area (Å²) in [5.41, 5.74) is 1.61. The van der Waals surface area contributed by atoms with Crippen LogP contribution < -0.4 is 16.0 Å². The van der Waals surface area contributed by atoms with E-state index in [-0.39, 0.29) is 24.7 Å². The van der Waals surface area contributed by atoms with Crippen molar-refractivity contribution in [1.29, 1.82) is 0 Å². The Hall–Kier alpha value is -2.45. The summed E-state index contributed by atoms with van der Waals surface area (Å²) >= 11 is 0. The molecule has 0 aromatic heterocycles. The highest BCUT2D eigenvalue weighted by atomic mass is 16.3. The number of imide groups is 1.